The summed E-state index contributed by atoms with van der Waals surface area (Å²) in [5.41, 5.74) is 2.19. The van der Waals surface area contributed by atoms with Crippen molar-refractivity contribution >= 4 is 17.3 Å². The first kappa shape index (κ1) is 21.2. The van der Waals surface area contributed by atoms with Crippen LogP contribution < -0.4 is 23.8 Å². The summed E-state index contributed by atoms with van der Waals surface area (Å²) in [4.78, 5) is 13.8. The van der Waals surface area contributed by atoms with E-state index in [0.29, 0.717) is 47.2 Å². The SMILES string of the molecule is CCc1c(C(=O)O)cc(N(CC)c2ccc(OC)c(OC)c2)c(OC)c1OC. The molecule has 0 aromatic heterocycles. The second kappa shape index (κ2) is 9.21. The molecular weight excluding hydrogens is 362 g/mol. The molecule has 0 atom stereocenters. The van der Waals surface area contributed by atoms with Crippen LogP contribution in [-0.2, 0) is 6.42 Å². The summed E-state index contributed by atoms with van der Waals surface area (Å²) in [7, 11) is 6.20. The van der Waals surface area contributed by atoms with E-state index in [2.05, 4.69) is 0 Å². The number of carboxylic acids is 1. The fourth-order valence-corrected chi connectivity index (χ4v) is 3.31. The molecule has 7 nitrogen and oxygen atoms in total. The molecule has 28 heavy (non-hydrogen) atoms. The van der Waals surface area contributed by atoms with Gasteiger partial charge in [0.1, 0.15) is 0 Å². The molecule has 0 spiro atoms. The summed E-state index contributed by atoms with van der Waals surface area (Å²) in [6, 6.07) is 7.15. The quantitative estimate of drug-likeness (QED) is 0.690. The van der Waals surface area contributed by atoms with Gasteiger partial charge in [-0.25, -0.2) is 4.79 Å². The first-order valence-electron chi connectivity index (χ1n) is 8.97. The molecule has 152 valence electrons. The lowest BCUT2D eigenvalue weighted by Crippen LogP contribution is -2.19. The smallest absolute Gasteiger partial charge is 0.336 e. The summed E-state index contributed by atoms with van der Waals surface area (Å²) in [5.74, 6) is 1.09. The number of carbonyl (C=O) groups is 1. The summed E-state index contributed by atoms with van der Waals surface area (Å²) in [5, 5.41) is 9.73. The number of ether oxygens (including phenoxy) is 4. The maximum absolute atomic E-state index is 11.9. The molecule has 0 fully saturated rings. The number of aromatic carboxylic acids is 1. The van der Waals surface area contributed by atoms with E-state index >= 15 is 0 Å². The van der Waals surface area contributed by atoms with E-state index in [1.165, 1.54) is 7.11 Å². The van der Waals surface area contributed by atoms with Crippen LogP contribution in [0.15, 0.2) is 24.3 Å². The van der Waals surface area contributed by atoms with Gasteiger partial charge in [-0.3, -0.25) is 0 Å². The Labute approximate surface area is 165 Å². The Bertz CT molecular complexity index is 849. The van der Waals surface area contributed by atoms with Gasteiger partial charge in [0.15, 0.2) is 23.0 Å². The lowest BCUT2D eigenvalue weighted by molar-refractivity contribution is 0.0695. The van der Waals surface area contributed by atoms with Crippen molar-refractivity contribution in [3.05, 3.63) is 35.4 Å². The van der Waals surface area contributed by atoms with Crippen LogP contribution in [0, 0.1) is 0 Å². The van der Waals surface area contributed by atoms with Gasteiger partial charge in [0.25, 0.3) is 0 Å². The topological polar surface area (TPSA) is 77.5 Å². The molecular formula is C21H27NO6. The number of anilines is 2. The van der Waals surface area contributed by atoms with Crippen molar-refractivity contribution in [2.75, 3.05) is 39.9 Å². The Morgan fingerprint density at radius 3 is 2.04 bits per heavy atom. The van der Waals surface area contributed by atoms with Gasteiger partial charge in [0, 0.05) is 23.9 Å². The summed E-state index contributed by atoms with van der Waals surface area (Å²) < 4.78 is 21.9. The second-order valence-corrected chi connectivity index (χ2v) is 5.93. The van der Waals surface area contributed by atoms with Crippen molar-refractivity contribution in [3.63, 3.8) is 0 Å². The first-order chi connectivity index (χ1) is 13.5. The van der Waals surface area contributed by atoms with Crippen LogP contribution in [0.1, 0.15) is 29.8 Å². The number of benzene rings is 2. The molecule has 7 heteroatoms. The number of methoxy groups -OCH3 is 4. The Hall–Kier alpha value is -3.09. The van der Waals surface area contributed by atoms with E-state index in [1.54, 1.807) is 33.5 Å². The predicted molar refractivity (Wildman–Crippen MR) is 108 cm³/mol. The van der Waals surface area contributed by atoms with Gasteiger partial charge in [-0.2, -0.15) is 0 Å². The van der Waals surface area contributed by atoms with Crippen molar-refractivity contribution in [1.29, 1.82) is 0 Å². The molecule has 0 bridgehead atoms. The van der Waals surface area contributed by atoms with E-state index < -0.39 is 5.97 Å². The highest BCUT2D eigenvalue weighted by molar-refractivity contribution is 5.94. The molecule has 0 radical (unpaired) electrons. The lowest BCUT2D eigenvalue weighted by atomic mass is 10.0. The maximum Gasteiger partial charge on any atom is 0.336 e. The molecule has 1 N–H and O–H groups in total. The van der Waals surface area contributed by atoms with Crippen LogP contribution in [0.5, 0.6) is 23.0 Å². The van der Waals surface area contributed by atoms with Crippen molar-refractivity contribution < 1.29 is 28.8 Å². The van der Waals surface area contributed by atoms with Crippen LogP contribution in [0.3, 0.4) is 0 Å². The molecule has 2 rings (SSSR count). The minimum atomic E-state index is -1.01. The third-order valence-corrected chi connectivity index (χ3v) is 4.60. The van der Waals surface area contributed by atoms with Crippen molar-refractivity contribution in [2.24, 2.45) is 0 Å². The minimum absolute atomic E-state index is 0.189. The lowest BCUT2D eigenvalue weighted by Gasteiger charge is -2.28. The van der Waals surface area contributed by atoms with Gasteiger partial charge in [-0.1, -0.05) is 6.92 Å². The molecule has 0 aliphatic carbocycles. The van der Waals surface area contributed by atoms with E-state index in [0.717, 1.165) is 5.69 Å². The normalized spacial score (nSPS) is 10.4. The second-order valence-electron chi connectivity index (χ2n) is 5.93. The Morgan fingerprint density at radius 2 is 1.57 bits per heavy atom. The summed E-state index contributed by atoms with van der Waals surface area (Å²) in [6.07, 6.45) is 0.504. The van der Waals surface area contributed by atoms with Crippen molar-refractivity contribution in [1.82, 2.24) is 0 Å². The predicted octanol–water partition coefficient (Wildman–Crippen LogP) is 4.14. The number of hydrogen-bond donors (Lipinski definition) is 1. The first-order valence-corrected chi connectivity index (χ1v) is 8.97. The molecule has 0 saturated heterocycles. The van der Waals surface area contributed by atoms with Gasteiger partial charge >= 0.3 is 5.97 Å². The highest BCUT2D eigenvalue weighted by Gasteiger charge is 2.25. The van der Waals surface area contributed by atoms with Gasteiger partial charge in [-0.15, -0.1) is 0 Å². The zero-order valence-electron chi connectivity index (χ0n) is 17.2. The molecule has 0 aliphatic rings. The third kappa shape index (κ3) is 3.78. The molecule has 0 amide bonds. The van der Waals surface area contributed by atoms with Gasteiger partial charge in [0.05, 0.1) is 39.7 Å². The molecule has 0 saturated carbocycles. The largest absolute Gasteiger partial charge is 0.493 e. The van der Waals surface area contributed by atoms with E-state index in [4.69, 9.17) is 18.9 Å². The average Bonchev–Trinajstić information content (AvgIpc) is 2.72. The van der Waals surface area contributed by atoms with Crippen molar-refractivity contribution in [2.45, 2.75) is 20.3 Å². The Kier molecular flexibility index (Phi) is 6.98. The minimum Gasteiger partial charge on any atom is -0.493 e. The highest BCUT2D eigenvalue weighted by Crippen LogP contribution is 2.45. The van der Waals surface area contributed by atoms with Gasteiger partial charge in [-0.05, 0) is 31.5 Å². The average molecular weight is 389 g/mol. The number of rotatable bonds is 9. The number of nitrogens with zero attached hydrogens (tertiary/aromatic N) is 1. The fraction of sp³-hybridized carbons (Fsp3) is 0.381. The molecule has 2 aromatic rings. The molecule has 0 aliphatic heterocycles. The fourth-order valence-electron chi connectivity index (χ4n) is 3.31. The van der Waals surface area contributed by atoms with Crippen LogP contribution in [0.4, 0.5) is 11.4 Å². The summed E-state index contributed by atoms with van der Waals surface area (Å²) in [6.45, 7) is 4.42. The number of carboxylic acid groups (broad SMARTS) is 1. The standard InChI is InChI=1S/C21H27NO6/c1-7-14-15(21(23)24)12-16(20(28-6)19(14)27-5)22(8-2)13-9-10-17(25-3)18(11-13)26-4/h9-12H,7-8H2,1-6H3,(H,23,24). The van der Waals surface area contributed by atoms with Crippen LogP contribution in [-0.4, -0.2) is 46.1 Å². The molecule has 0 heterocycles. The van der Waals surface area contributed by atoms with E-state index in [9.17, 15) is 9.90 Å². The zero-order valence-corrected chi connectivity index (χ0v) is 17.2. The molecule has 2 aromatic carbocycles. The molecule has 0 unspecified atom stereocenters. The third-order valence-electron chi connectivity index (χ3n) is 4.60. The Balaban J connectivity index is 2.76. The van der Waals surface area contributed by atoms with Gasteiger partial charge < -0.3 is 29.0 Å². The highest BCUT2D eigenvalue weighted by atomic mass is 16.5. The maximum atomic E-state index is 11.9. The number of hydrogen-bond acceptors (Lipinski definition) is 6. The van der Waals surface area contributed by atoms with Crippen molar-refractivity contribution in [3.8, 4) is 23.0 Å². The zero-order chi connectivity index (χ0) is 20.8. The summed E-state index contributed by atoms with van der Waals surface area (Å²) >= 11 is 0. The van der Waals surface area contributed by atoms with Gasteiger partial charge in [0.2, 0.25) is 0 Å². The Morgan fingerprint density at radius 1 is 0.929 bits per heavy atom. The van der Waals surface area contributed by atoms with Crippen LogP contribution in [0.2, 0.25) is 0 Å². The van der Waals surface area contributed by atoms with E-state index in [1.807, 2.05) is 30.9 Å². The monoisotopic (exact) mass is 389 g/mol. The van der Waals surface area contributed by atoms with Crippen LogP contribution in [0.25, 0.3) is 0 Å². The van der Waals surface area contributed by atoms with E-state index in [-0.39, 0.29) is 5.56 Å². The van der Waals surface area contributed by atoms with Crippen LogP contribution >= 0.6 is 0 Å².